The highest BCUT2D eigenvalue weighted by Gasteiger charge is 2.08. The van der Waals surface area contributed by atoms with E-state index >= 15 is 0 Å². The molecule has 0 saturated carbocycles. The molecule has 2 aromatic carbocycles. The van der Waals surface area contributed by atoms with Crippen LogP contribution in [-0.4, -0.2) is 24.2 Å². The summed E-state index contributed by atoms with van der Waals surface area (Å²) in [4.78, 5) is 11.7. The molecular weight excluding hydrogens is 302 g/mol. The van der Waals surface area contributed by atoms with Crippen molar-refractivity contribution in [3.8, 4) is 5.75 Å². The fourth-order valence-corrected chi connectivity index (χ4v) is 2.14. The number of aliphatic hydroxyl groups is 1. The summed E-state index contributed by atoms with van der Waals surface area (Å²) in [5.74, 6) is 0.226. The first kappa shape index (κ1) is 16.3. The van der Waals surface area contributed by atoms with Crippen LogP contribution in [-0.2, 0) is 4.79 Å². The van der Waals surface area contributed by atoms with E-state index in [0.29, 0.717) is 23.7 Å². The molecule has 1 atom stereocenters. The first-order chi connectivity index (χ1) is 10.7. The molecule has 0 aliphatic heterocycles. The Kier molecular flexibility index (Phi) is 6.25. The predicted octanol–water partition coefficient (Wildman–Crippen LogP) is 2.96. The Balaban J connectivity index is 1.69. The van der Waals surface area contributed by atoms with Gasteiger partial charge >= 0.3 is 0 Å². The second-order valence-corrected chi connectivity index (χ2v) is 5.19. The number of benzene rings is 2. The summed E-state index contributed by atoms with van der Waals surface area (Å²) in [5.41, 5.74) is 0.837. The first-order valence-electron chi connectivity index (χ1n) is 7.04. The molecule has 4 nitrogen and oxygen atoms in total. The molecular formula is C17H18ClNO3. The second kappa shape index (κ2) is 8.41. The molecule has 0 aliphatic carbocycles. The van der Waals surface area contributed by atoms with Gasteiger partial charge in [-0.1, -0.05) is 54.1 Å². The number of amides is 1. The zero-order valence-electron chi connectivity index (χ0n) is 12.0. The van der Waals surface area contributed by atoms with Gasteiger partial charge in [-0.25, -0.2) is 0 Å². The van der Waals surface area contributed by atoms with Crippen molar-refractivity contribution in [2.24, 2.45) is 0 Å². The van der Waals surface area contributed by atoms with Crippen molar-refractivity contribution in [2.75, 3.05) is 13.2 Å². The maximum atomic E-state index is 11.7. The third-order valence-electron chi connectivity index (χ3n) is 3.12. The Morgan fingerprint density at radius 2 is 1.82 bits per heavy atom. The molecule has 0 bridgehead atoms. The van der Waals surface area contributed by atoms with Crippen molar-refractivity contribution in [1.82, 2.24) is 5.32 Å². The molecule has 0 saturated heterocycles. The Morgan fingerprint density at radius 1 is 1.14 bits per heavy atom. The number of carbonyl (C=O) groups is 1. The highest BCUT2D eigenvalue weighted by Crippen LogP contribution is 2.22. The maximum absolute atomic E-state index is 11.7. The van der Waals surface area contributed by atoms with E-state index < -0.39 is 6.10 Å². The monoisotopic (exact) mass is 319 g/mol. The quantitative estimate of drug-likeness (QED) is 0.825. The van der Waals surface area contributed by atoms with Crippen molar-refractivity contribution in [2.45, 2.75) is 12.5 Å². The minimum atomic E-state index is -0.592. The Labute approximate surface area is 134 Å². The lowest BCUT2D eigenvalue weighted by Crippen LogP contribution is -2.30. The molecule has 5 heteroatoms. The third kappa shape index (κ3) is 5.06. The van der Waals surface area contributed by atoms with Crippen LogP contribution in [0.1, 0.15) is 18.1 Å². The fraction of sp³-hybridized carbons (Fsp3) is 0.235. The van der Waals surface area contributed by atoms with Crippen LogP contribution in [0, 0.1) is 0 Å². The van der Waals surface area contributed by atoms with Gasteiger partial charge in [0, 0.05) is 6.54 Å². The van der Waals surface area contributed by atoms with Crippen molar-refractivity contribution < 1.29 is 14.6 Å². The molecule has 0 spiro atoms. The predicted molar refractivity (Wildman–Crippen MR) is 86.0 cm³/mol. The zero-order valence-corrected chi connectivity index (χ0v) is 12.8. The summed E-state index contributed by atoms with van der Waals surface area (Å²) >= 11 is 5.93. The van der Waals surface area contributed by atoms with Gasteiger partial charge < -0.3 is 15.2 Å². The summed E-state index contributed by atoms with van der Waals surface area (Å²) < 4.78 is 5.33. The van der Waals surface area contributed by atoms with E-state index in [4.69, 9.17) is 16.3 Å². The SMILES string of the molecule is O=C(COc1ccccc1Cl)NCCC(O)c1ccccc1. The lowest BCUT2D eigenvalue weighted by molar-refractivity contribution is -0.123. The third-order valence-corrected chi connectivity index (χ3v) is 3.43. The van der Waals surface area contributed by atoms with Crippen LogP contribution in [0.5, 0.6) is 5.75 Å². The van der Waals surface area contributed by atoms with Crippen LogP contribution in [0.25, 0.3) is 0 Å². The minimum absolute atomic E-state index is 0.106. The molecule has 0 heterocycles. The van der Waals surface area contributed by atoms with Gasteiger partial charge in [0.05, 0.1) is 11.1 Å². The number of rotatable bonds is 7. The fourth-order valence-electron chi connectivity index (χ4n) is 1.95. The molecule has 22 heavy (non-hydrogen) atoms. The number of nitrogens with one attached hydrogen (secondary N) is 1. The van der Waals surface area contributed by atoms with Gasteiger partial charge in [-0.15, -0.1) is 0 Å². The van der Waals surface area contributed by atoms with Crippen LogP contribution in [0.4, 0.5) is 0 Å². The Bertz CT molecular complexity index is 604. The van der Waals surface area contributed by atoms with Gasteiger partial charge in [-0.2, -0.15) is 0 Å². The summed E-state index contributed by atoms with van der Waals surface area (Å²) in [5, 5.41) is 13.2. The van der Waals surface area contributed by atoms with E-state index in [1.54, 1.807) is 24.3 Å². The number of aliphatic hydroxyl groups excluding tert-OH is 1. The Morgan fingerprint density at radius 3 is 2.55 bits per heavy atom. The number of hydrogen-bond donors (Lipinski definition) is 2. The smallest absolute Gasteiger partial charge is 0.257 e. The van der Waals surface area contributed by atoms with Gasteiger partial charge in [0.15, 0.2) is 6.61 Å². The molecule has 0 radical (unpaired) electrons. The lowest BCUT2D eigenvalue weighted by atomic mass is 10.1. The van der Waals surface area contributed by atoms with Gasteiger partial charge in [-0.3, -0.25) is 4.79 Å². The number of halogens is 1. The van der Waals surface area contributed by atoms with Crippen molar-refractivity contribution in [3.05, 3.63) is 65.2 Å². The lowest BCUT2D eigenvalue weighted by Gasteiger charge is -2.12. The molecule has 1 unspecified atom stereocenters. The molecule has 1 amide bonds. The van der Waals surface area contributed by atoms with Crippen molar-refractivity contribution in [1.29, 1.82) is 0 Å². The van der Waals surface area contributed by atoms with Crippen molar-refractivity contribution >= 4 is 17.5 Å². The highest BCUT2D eigenvalue weighted by molar-refractivity contribution is 6.32. The molecule has 2 aromatic rings. The molecule has 0 fully saturated rings. The Hall–Kier alpha value is -2.04. The first-order valence-corrected chi connectivity index (χ1v) is 7.41. The summed E-state index contributed by atoms with van der Waals surface area (Å²) in [6, 6.07) is 16.3. The van der Waals surface area contributed by atoms with Crippen LogP contribution < -0.4 is 10.1 Å². The molecule has 2 N–H and O–H groups in total. The second-order valence-electron chi connectivity index (χ2n) is 4.78. The van der Waals surface area contributed by atoms with Crippen LogP contribution in [0.15, 0.2) is 54.6 Å². The number of carbonyl (C=O) groups excluding carboxylic acids is 1. The van der Waals surface area contributed by atoms with E-state index in [0.717, 1.165) is 5.56 Å². The highest BCUT2D eigenvalue weighted by atomic mass is 35.5. The molecule has 0 aliphatic rings. The topological polar surface area (TPSA) is 58.6 Å². The summed E-state index contributed by atoms with van der Waals surface area (Å²) in [7, 11) is 0. The molecule has 116 valence electrons. The van der Waals surface area contributed by atoms with Crippen LogP contribution in [0.3, 0.4) is 0 Å². The number of ether oxygens (including phenoxy) is 1. The maximum Gasteiger partial charge on any atom is 0.257 e. The van der Waals surface area contributed by atoms with Crippen molar-refractivity contribution in [3.63, 3.8) is 0 Å². The number of hydrogen-bond acceptors (Lipinski definition) is 3. The molecule has 0 aromatic heterocycles. The minimum Gasteiger partial charge on any atom is -0.482 e. The van der Waals surface area contributed by atoms with Gasteiger partial charge in [0.1, 0.15) is 5.75 Å². The van der Waals surface area contributed by atoms with E-state index in [9.17, 15) is 9.90 Å². The average Bonchev–Trinajstić information content (AvgIpc) is 2.55. The van der Waals surface area contributed by atoms with E-state index in [1.165, 1.54) is 0 Å². The van der Waals surface area contributed by atoms with E-state index in [2.05, 4.69) is 5.32 Å². The summed E-state index contributed by atoms with van der Waals surface area (Å²) in [6.45, 7) is 0.270. The van der Waals surface area contributed by atoms with E-state index in [-0.39, 0.29) is 12.5 Å². The number of para-hydroxylation sites is 1. The van der Waals surface area contributed by atoms with Gasteiger partial charge in [0.2, 0.25) is 0 Å². The average molecular weight is 320 g/mol. The van der Waals surface area contributed by atoms with Gasteiger partial charge in [-0.05, 0) is 24.1 Å². The van der Waals surface area contributed by atoms with Crippen LogP contribution >= 0.6 is 11.6 Å². The largest absolute Gasteiger partial charge is 0.482 e. The van der Waals surface area contributed by atoms with Crippen LogP contribution in [0.2, 0.25) is 5.02 Å². The van der Waals surface area contributed by atoms with Gasteiger partial charge in [0.25, 0.3) is 5.91 Å². The standard InChI is InChI=1S/C17H18ClNO3/c18-14-8-4-5-9-16(14)22-12-17(21)19-11-10-15(20)13-6-2-1-3-7-13/h1-9,15,20H,10-12H2,(H,19,21). The normalized spacial score (nSPS) is 11.7. The molecule has 2 rings (SSSR count). The zero-order chi connectivity index (χ0) is 15.8. The summed E-state index contributed by atoms with van der Waals surface area (Å²) in [6.07, 6.45) is -0.145. The van der Waals surface area contributed by atoms with E-state index in [1.807, 2.05) is 30.3 Å².